The summed E-state index contributed by atoms with van der Waals surface area (Å²) in [6.45, 7) is 4.27. The molecule has 1 heterocycles. The fourth-order valence-electron chi connectivity index (χ4n) is 2.67. The number of rotatable bonds is 3. The highest BCUT2D eigenvalue weighted by Gasteiger charge is 2.24. The Labute approximate surface area is 129 Å². The second-order valence-electron chi connectivity index (χ2n) is 5.72. The molecule has 1 amide bonds. The van der Waals surface area contributed by atoms with Gasteiger partial charge in [-0.15, -0.1) is 0 Å². The average Bonchev–Trinajstić information content (AvgIpc) is 2.90. The minimum Gasteiger partial charge on any atom is -0.450 e. The molecule has 1 aromatic heterocycles. The molecule has 3 aromatic rings. The number of fused-ring (bicyclic) bond motifs is 3. The largest absolute Gasteiger partial charge is 0.450 e. The first-order chi connectivity index (χ1) is 10.5. The van der Waals surface area contributed by atoms with Crippen molar-refractivity contribution in [2.45, 2.75) is 19.9 Å². The first-order valence-electron chi connectivity index (χ1n) is 7.42. The van der Waals surface area contributed by atoms with Gasteiger partial charge in [0.25, 0.3) is 5.91 Å². The lowest BCUT2D eigenvalue weighted by atomic mass is 10.1. The highest BCUT2D eigenvalue weighted by molar-refractivity contribution is 6.08. The van der Waals surface area contributed by atoms with E-state index < -0.39 is 0 Å². The second kappa shape index (κ2) is 5.46. The van der Waals surface area contributed by atoms with E-state index in [0.717, 1.165) is 27.3 Å². The van der Waals surface area contributed by atoms with Gasteiger partial charge in [0.2, 0.25) is 0 Å². The van der Waals surface area contributed by atoms with Gasteiger partial charge in [-0.1, -0.05) is 36.4 Å². The van der Waals surface area contributed by atoms with Gasteiger partial charge in [0.1, 0.15) is 5.58 Å². The number of nitrogens with zero attached hydrogens (tertiary/aromatic N) is 1. The summed E-state index contributed by atoms with van der Waals surface area (Å²) >= 11 is 0. The molecular formula is C18H20N2O2. The summed E-state index contributed by atoms with van der Waals surface area (Å²) in [4.78, 5) is 14.3. The number of carbonyl (C=O) groups excluding carboxylic acids is 1. The Balaban J connectivity index is 2.17. The molecule has 2 N–H and O–H groups in total. The van der Waals surface area contributed by atoms with Crippen molar-refractivity contribution in [1.29, 1.82) is 0 Å². The SMILES string of the molecule is Cc1c(C(=O)N(C)C(C)CN)oc2c1ccc1ccccc12. The van der Waals surface area contributed by atoms with Crippen LogP contribution in [-0.4, -0.2) is 30.4 Å². The van der Waals surface area contributed by atoms with Crippen LogP contribution in [0.2, 0.25) is 0 Å². The van der Waals surface area contributed by atoms with E-state index >= 15 is 0 Å². The van der Waals surface area contributed by atoms with Gasteiger partial charge in [-0.25, -0.2) is 0 Å². The second-order valence-corrected chi connectivity index (χ2v) is 5.72. The minimum absolute atomic E-state index is 0.0307. The normalized spacial score (nSPS) is 12.7. The van der Waals surface area contributed by atoms with Gasteiger partial charge in [0.05, 0.1) is 0 Å². The molecule has 2 aromatic carbocycles. The molecule has 0 radical (unpaired) electrons. The zero-order valence-corrected chi connectivity index (χ0v) is 13.1. The third-order valence-corrected chi connectivity index (χ3v) is 4.35. The minimum atomic E-state index is -0.129. The molecule has 0 saturated heterocycles. The van der Waals surface area contributed by atoms with E-state index in [9.17, 15) is 4.79 Å². The maximum atomic E-state index is 12.6. The molecule has 0 aliphatic carbocycles. The molecule has 22 heavy (non-hydrogen) atoms. The Hall–Kier alpha value is -2.33. The number of amides is 1. The third kappa shape index (κ3) is 2.16. The predicted molar refractivity (Wildman–Crippen MR) is 89.1 cm³/mol. The van der Waals surface area contributed by atoms with Crippen molar-refractivity contribution in [3.63, 3.8) is 0 Å². The molecule has 1 unspecified atom stereocenters. The Morgan fingerprint density at radius 3 is 2.68 bits per heavy atom. The van der Waals surface area contributed by atoms with Crippen LogP contribution in [0.4, 0.5) is 0 Å². The number of benzene rings is 2. The summed E-state index contributed by atoms with van der Waals surface area (Å²) in [6, 6.07) is 12.1. The van der Waals surface area contributed by atoms with Crippen molar-refractivity contribution in [2.75, 3.05) is 13.6 Å². The Morgan fingerprint density at radius 1 is 1.23 bits per heavy atom. The quantitative estimate of drug-likeness (QED) is 0.806. The fourth-order valence-corrected chi connectivity index (χ4v) is 2.67. The van der Waals surface area contributed by atoms with Crippen molar-refractivity contribution in [3.05, 3.63) is 47.7 Å². The lowest BCUT2D eigenvalue weighted by molar-refractivity contribution is 0.0718. The monoisotopic (exact) mass is 296 g/mol. The molecule has 0 bridgehead atoms. The number of likely N-dealkylation sites (N-methyl/N-ethyl adjacent to an activating group) is 1. The van der Waals surface area contributed by atoms with Gasteiger partial charge in [-0.3, -0.25) is 4.79 Å². The highest BCUT2D eigenvalue weighted by Crippen LogP contribution is 2.32. The summed E-state index contributed by atoms with van der Waals surface area (Å²) < 4.78 is 5.96. The van der Waals surface area contributed by atoms with E-state index in [1.165, 1.54) is 0 Å². The van der Waals surface area contributed by atoms with Gasteiger partial charge in [0.15, 0.2) is 5.76 Å². The smallest absolute Gasteiger partial charge is 0.289 e. The number of hydrogen-bond donors (Lipinski definition) is 1. The third-order valence-electron chi connectivity index (χ3n) is 4.35. The van der Waals surface area contributed by atoms with Crippen LogP contribution in [0, 0.1) is 6.92 Å². The number of furan rings is 1. The van der Waals surface area contributed by atoms with Crippen LogP contribution in [0.15, 0.2) is 40.8 Å². The van der Waals surface area contributed by atoms with Crippen molar-refractivity contribution < 1.29 is 9.21 Å². The van der Waals surface area contributed by atoms with E-state index in [1.807, 2.05) is 44.2 Å². The molecule has 4 heteroatoms. The summed E-state index contributed by atoms with van der Waals surface area (Å²) in [5.74, 6) is 0.268. The average molecular weight is 296 g/mol. The van der Waals surface area contributed by atoms with Crippen LogP contribution in [0.5, 0.6) is 0 Å². The number of carbonyl (C=O) groups is 1. The van der Waals surface area contributed by atoms with E-state index in [-0.39, 0.29) is 11.9 Å². The van der Waals surface area contributed by atoms with E-state index in [1.54, 1.807) is 11.9 Å². The standard InChI is InChI=1S/C18H20N2O2/c1-11(10-19)20(3)18(21)16-12(2)14-9-8-13-6-4-5-7-15(13)17(14)22-16/h4-9,11H,10,19H2,1-3H3. The summed E-state index contributed by atoms with van der Waals surface area (Å²) in [6.07, 6.45) is 0. The Bertz CT molecular complexity index is 851. The van der Waals surface area contributed by atoms with Gasteiger partial charge >= 0.3 is 0 Å². The molecule has 0 aliphatic rings. The maximum Gasteiger partial charge on any atom is 0.289 e. The predicted octanol–water partition coefficient (Wildman–Crippen LogP) is 3.31. The van der Waals surface area contributed by atoms with Crippen LogP contribution in [0.25, 0.3) is 21.7 Å². The van der Waals surface area contributed by atoms with Crippen molar-refractivity contribution in [1.82, 2.24) is 4.90 Å². The van der Waals surface area contributed by atoms with Crippen LogP contribution < -0.4 is 5.73 Å². The molecule has 0 spiro atoms. The lowest BCUT2D eigenvalue weighted by Gasteiger charge is -2.22. The van der Waals surface area contributed by atoms with Crippen molar-refractivity contribution in [3.8, 4) is 0 Å². The maximum absolute atomic E-state index is 12.6. The van der Waals surface area contributed by atoms with Crippen LogP contribution >= 0.6 is 0 Å². The topological polar surface area (TPSA) is 59.5 Å². The zero-order chi connectivity index (χ0) is 15.9. The van der Waals surface area contributed by atoms with Gasteiger partial charge in [0, 0.05) is 36.0 Å². The van der Waals surface area contributed by atoms with Crippen LogP contribution in [0.3, 0.4) is 0 Å². The van der Waals surface area contributed by atoms with Gasteiger partial charge < -0.3 is 15.1 Å². The van der Waals surface area contributed by atoms with E-state index in [0.29, 0.717) is 12.3 Å². The number of aryl methyl sites for hydroxylation is 1. The van der Waals surface area contributed by atoms with Crippen LogP contribution in [0.1, 0.15) is 23.0 Å². The molecule has 0 saturated carbocycles. The molecule has 3 rings (SSSR count). The van der Waals surface area contributed by atoms with Crippen LogP contribution in [-0.2, 0) is 0 Å². The highest BCUT2D eigenvalue weighted by atomic mass is 16.3. The molecule has 0 fully saturated rings. The van der Waals surface area contributed by atoms with E-state index in [4.69, 9.17) is 10.2 Å². The number of hydrogen-bond acceptors (Lipinski definition) is 3. The molecule has 114 valence electrons. The van der Waals surface area contributed by atoms with Gasteiger partial charge in [-0.2, -0.15) is 0 Å². The zero-order valence-electron chi connectivity index (χ0n) is 13.1. The Kier molecular flexibility index (Phi) is 3.62. The number of nitrogens with two attached hydrogens (primary N) is 1. The molecule has 1 atom stereocenters. The first kappa shape index (κ1) is 14.6. The lowest BCUT2D eigenvalue weighted by Crippen LogP contribution is -2.39. The first-order valence-corrected chi connectivity index (χ1v) is 7.42. The van der Waals surface area contributed by atoms with Crippen molar-refractivity contribution in [2.24, 2.45) is 5.73 Å². The van der Waals surface area contributed by atoms with E-state index in [2.05, 4.69) is 6.07 Å². The molecular weight excluding hydrogens is 276 g/mol. The fraction of sp³-hybridized carbons (Fsp3) is 0.278. The molecule has 0 aliphatic heterocycles. The Morgan fingerprint density at radius 2 is 1.95 bits per heavy atom. The summed E-state index contributed by atoms with van der Waals surface area (Å²) in [5, 5.41) is 3.11. The summed E-state index contributed by atoms with van der Waals surface area (Å²) in [5.41, 5.74) is 7.30. The molecule has 4 nitrogen and oxygen atoms in total. The summed E-state index contributed by atoms with van der Waals surface area (Å²) in [7, 11) is 1.75. The van der Waals surface area contributed by atoms with Gasteiger partial charge in [-0.05, 0) is 19.2 Å². The van der Waals surface area contributed by atoms with Crippen molar-refractivity contribution >= 4 is 27.6 Å².